The molecule has 0 unspecified atom stereocenters. The molecular weight excluding hydrogens is 258 g/mol. The van der Waals surface area contributed by atoms with Crippen LogP contribution < -0.4 is 5.32 Å². The summed E-state index contributed by atoms with van der Waals surface area (Å²) in [5.41, 5.74) is 0.756. The van der Waals surface area contributed by atoms with Gasteiger partial charge in [-0.1, -0.05) is 4.49 Å². The van der Waals surface area contributed by atoms with Crippen molar-refractivity contribution in [2.24, 2.45) is 23.7 Å². The summed E-state index contributed by atoms with van der Waals surface area (Å²) in [7, 11) is 0. The molecule has 0 spiro atoms. The molecular formula is C14H19N3OS. The Bertz CT molecular complexity index is 485. The second-order valence-electron chi connectivity index (χ2n) is 6.62. The van der Waals surface area contributed by atoms with Crippen molar-refractivity contribution in [3.05, 3.63) is 10.6 Å². The number of amides is 1. The molecule has 4 aliphatic rings. The average molecular weight is 277 g/mol. The van der Waals surface area contributed by atoms with E-state index in [1.54, 1.807) is 0 Å². The summed E-state index contributed by atoms with van der Waals surface area (Å²) >= 11 is 1.21. The van der Waals surface area contributed by atoms with Crippen LogP contribution in [0.3, 0.4) is 0 Å². The van der Waals surface area contributed by atoms with Gasteiger partial charge >= 0.3 is 0 Å². The maximum absolute atomic E-state index is 12.3. The van der Waals surface area contributed by atoms with Crippen molar-refractivity contribution in [2.45, 2.75) is 45.1 Å². The number of aryl methyl sites for hydroxylation is 1. The number of aromatic nitrogens is 2. The fourth-order valence-corrected chi connectivity index (χ4v) is 5.38. The highest BCUT2D eigenvalue weighted by atomic mass is 32.1. The molecule has 1 aromatic rings. The maximum Gasteiger partial charge on any atom is 0.265 e. The number of nitrogens with one attached hydrogen (secondary N) is 1. The molecule has 5 heteroatoms. The molecule has 4 saturated carbocycles. The molecule has 4 fully saturated rings. The number of nitrogens with zero attached hydrogens (tertiary/aromatic N) is 2. The van der Waals surface area contributed by atoms with Crippen molar-refractivity contribution >= 4 is 17.4 Å². The first-order valence-electron chi connectivity index (χ1n) is 7.30. The monoisotopic (exact) mass is 277 g/mol. The summed E-state index contributed by atoms with van der Waals surface area (Å²) in [6.07, 6.45) is 6.77. The Morgan fingerprint density at radius 2 is 1.79 bits per heavy atom. The number of carbonyl (C=O) groups excluding carboxylic acids is 1. The van der Waals surface area contributed by atoms with Gasteiger partial charge in [0, 0.05) is 6.04 Å². The van der Waals surface area contributed by atoms with E-state index >= 15 is 0 Å². The van der Waals surface area contributed by atoms with Crippen LogP contribution in [0, 0.1) is 30.6 Å². The molecule has 5 rings (SSSR count). The van der Waals surface area contributed by atoms with Crippen molar-refractivity contribution in [1.29, 1.82) is 0 Å². The molecule has 4 aliphatic carbocycles. The molecule has 0 aliphatic heterocycles. The second-order valence-corrected chi connectivity index (χ2v) is 7.37. The summed E-state index contributed by atoms with van der Waals surface area (Å²) in [6.45, 7) is 1.86. The standard InChI is InChI=1S/C14H19N3OS/c1-7-13(19-17-16-7)14(18)15-12-10-3-8-2-9(5-10)6-11(12)4-8/h8-12H,2-6H2,1H3,(H,15,18). The van der Waals surface area contributed by atoms with Crippen LogP contribution in [0.1, 0.15) is 47.5 Å². The van der Waals surface area contributed by atoms with Crippen molar-refractivity contribution in [2.75, 3.05) is 0 Å². The van der Waals surface area contributed by atoms with E-state index in [1.807, 2.05) is 6.92 Å². The molecule has 4 nitrogen and oxygen atoms in total. The Morgan fingerprint density at radius 3 is 2.32 bits per heavy atom. The summed E-state index contributed by atoms with van der Waals surface area (Å²) < 4.78 is 3.86. The smallest absolute Gasteiger partial charge is 0.265 e. The first-order valence-corrected chi connectivity index (χ1v) is 8.08. The van der Waals surface area contributed by atoms with Crippen LogP contribution in [-0.4, -0.2) is 21.5 Å². The first kappa shape index (κ1) is 11.8. The lowest BCUT2D eigenvalue weighted by atomic mass is 9.54. The molecule has 19 heavy (non-hydrogen) atoms. The fourth-order valence-electron chi connectivity index (χ4n) is 4.82. The van der Waals surface area contributed by atoms with E-state index in [-0.39, 0.29) is 5.91 Å². The van der Waals surface area contributed by atoms with E-state index in [4.69, 9.17) is 0 Å². The van der Waals surface area contributed by atoms with E-state index in [0.717, 1.165) is 29.4 Å². The minimum Gasteiger partial charge on any atom is -0.348 e. The lowest BCUT2D eigenvalue weighted by molar-refractivity contribution is -0.0119. The molecule has 1 N–H and O–H groups in total. The highest BCUT2D eigenvalue weighted by molar-refractivity contribution is 7.08. The number of carbonyl (C=O) groups is 1. The Balaban J connectivity index is 1.51. The van der Waals surface area contributed by atoms with Crippen molar-refractivity contribution in [1.82, 2.24) is 14.9 Å². The molecule has 4 bridgehead atoms. The topological polar surface area (TPSA) is 54.9 Å². The van der Waals surface area contributed by atoms with E-state index in [2.05, 4.69) is 14.9 Å². The molecule has 0 radical (unpaired) electrons. The summed E-state index contributed by atoms with van der Waals surface area (Å²) in [4.78, 5) is 13.0. The summed E-state index contributed by atoms with van der Waals surface area (Å²) in [6, 6.07) is 0.404. The van der Waals surface area contributed by atoms with Crippen LogP contribution in [0.15, 0.2) is 0 Å². The Labute approximate surface area is 117 Å². The van der Waals surface area contributed by atoms with Gasteiger partial charge in [0.25, 0.3) is 5.91 Å². The Morgan fingerprint density at radius 1 is 1.16 bits per heavy atom. The van der Waals surface area contributed by atoms with Crippen molar-refractivity contribution in [3.63, 3.8) is 0 Å². The van der Waals surface area contributed by atoms with Gasteiger partial charge in [-0.15, -0.1) is 5.10 Å². The zero-order valence-electron chi connectivity index (χ0n) is 11.1. The number of hydrogen-bond donors (Lipinski definition) is 1. The molecule has 1 amide bonds. The van der Waals surface area contributed by atoms with Crippen molar-refractivity contribution < 1.29 is 4.79 Å². The van der Waals surface area contributed by atoms with Gasteiger partial charge in [-0.2, -0.15) is 0 Å². The van der Waals surface area contributed by atoms with Gasteiger partial charge in [0.15, 0.2) is 0 Å². The van der Waals surface area contributed by atoms with Crippen LogP contribution >= 0.6 is 11.5 Å². The largest absolute Gasteiger partial charge is 0.348 e. The molecule has 1 heterocycles. The highest BCUT2D eigenvalue weighted by Gasteiger charge is 2.48. The van der Waals surface area contributed by atoms with Gasteiger partial charge in [-0.25, -0.2) is 0 Å². The normalized spacial score (nSPS) is 39.5. The molecule has 0 aromatic carbocycles. The predicted octanol–water partition coefficient (Wildman–Crippen LogP) is 2.40. The van der Waals surface area contributed by atoms with E-state index in [0.29, 0.717) is 10.9 Å². The van der Waals surface area contributed by atoms with Crippen LogP contribution in [0.2, 0.25) is 0 Å². The third-order valence-corrected chi connectivity index (χ3v) is 6.21. The molecule has 102 valence electrons. The zero-order valence-corrected chi connectivity index (χ0v) is 11.9. The SMILES string of the molecule is Cc1nnsc1C(=O)NC1C2CC3CC(C2)CC1C3. The van der Waals surface area contributed by atoms with Gasteiger partial charge in [-0.05, 0) is 74.2 Å². The van der Waals surface area contributed by atoms with Gasteiger partial charge < -0.3 is 5.32 Å². The van der Waals surface area contributed by atoms with Gasteiger partial charge in [0.05, 0.1) is 5.69 Å². The minimum atomic E-state index is 0.0463. The molecule has 1 aromatic heterocycles. The van der Waals surface area contributed by atoms with E-state index in [1.165, 1.54) is 43.6 Å². The van der Waals surface area contributed by atoms with Gasteiger partial charge in [0.1, 0.15) is 4.88 Å². The molecule has 0 atom stereocenters. The van der Waals surface area contributed by atoms with E-state index < -0.39 is 0 Å². The van der Waals surface area contributed by atoms with Crippen LogP contribution in [0.5, 0.6) is 0 Å². The van der Waals surface area contributed by atoms with Gasteiger partial charge in [-0.3, -0.25) is 4.79 Å². The zero-order chi connectivity index (χ0) is 13.0. The first-order chi connectivity index (χ1) is 9.20. The highest BCUT2D eigenvalue weighted by Crippen LogP contribution is 2.53. The average Bonchev–Trinajstić information content (AvgIpc) is 2.79. The maximum atomic E-state index is 12.3. The Kier molecular flexibility index (Phi) is 2.65. The van der Waals surface area contributed by atoms with Gasteiger partial charge in [0.2, 0.25) is 0 Å². The van der Waals surface area contributed by atoms with E-state index in [9.17, 15) is 4.79 Å². The second kappa shape index (κ2) is 4.27. The number of rotatable bonds is 2. The molecule has 0 saturated heterocycles. The third-order valence-electron chi connectivity index (χ3n) is 5.38. The summed E-state index contributed by atoms with van der Waals surface area (Å²) in [5, 5.41) is 7.23. The third kappa shape index (κ3) is 1.90. The lowest BCUT2D eigenvalue weighted by Crippen LogP contribution is -2.55. The fraction of sp³-hybridized carbons (Fsp3) is 0.786. The van der Waals surface area contributed by atoms with Crippen molar-refractivity contribution in [3.8, 4) is 0 Å². The predicted molar refractivity (Wildman–Crippen MR) is 72.9 cm³/mol. The lowest BCUT2D eigenvalue weighted by Gasteiger charge is -2.54. The van der Waals surface area contributed by atoms with Crippen LogP contribution in [0.25, 0.3) is 0 Å². The Hall–Kier alpha value is -0.970. The summed E-state index contributed by atoms with van der Waals surface area (Å²) in [5.74, 6) is 3.39. The number of hydrogen-bond acceptors (Lipinski definition) is 4. The van der Waals surface area contributed by atoms with Crippen LogP contribution in [-0.2, 0) is 0 Å². The minimum absolute atomic E-state index is 0.0463. The van der Waals surface area contributed by atoms with Crippen LogP contribution in [0.4, 0.5) is 0 Å². The quantitative estimate of drug-likeness (QED) is 0.903.